The summed E-state index contributed by atoms with van der Waals surface area (Å²) < 4.78 is 17.1. The molecule has 1 spiro atoms. The molecule has 3 heterocycles. The molecule has 0 N–H and O–H groups in total. The van der Waals surface area contributed by atoms with Gasteiger partial charge in [-0.05, 0) is 25.0 Å². The highest BCUT2D eigenvalue weighted by atomic mass is 16.6. The predicted octanol–water partition coefficient (Wildman–Crippen LogP) is 2.53. The quantitative estimate of drug-likeness (QED) is 0.808. The third-order valence-corrected chi connectivity index (χ3v) is 5.78. The van der Waals surface area contributed by atoms with Crippen LogP contribution in [-0.4, -0.2) is 73.5 Å². The van der Waals surface area contributed by atoms with Crippen LogP contribution >= 0.6 is 0 Å². The topological polar surface area (TPSA) is 51.2 Å². The highest BCUT2D eigenvalue weighted by Crippen LogP contribution is 2.34. The second kappa shape index (κ2) is 7.84. The van der Waals surface area contributed by atoms with Crippen LogP contribution in [0.3, 0.4) is 0 Å². The standard InChI is InChI=1S/C20H28N2O4/c23-19-22(12-14-25-18-6-2-1-3-7-18)16-20(26-19)8-10-21(11-9-20)17-5-4-13-24-15-17/h1-3,6-7,17H,4-5,8-16H2/t17-/m0/s1. The van der Waals surface area contributed by atoms with Crippen LogP contribution in [-0.2, 0) is 9.47 Å². The van der Waals surface area contributed by atoms with Crippen LogP contribution in [0.15, 0.2) is 30.3 Å². The molecule has 0 radical (unpaired) electrons. The third-order valence-electron chi connectivity index (χ3n) is 5.78. The van der Waals surface area contributed by atoms with Gasteiger partial charge in [0.05, 0.1) is 19.7 Å². The molecule has 0 saturated carbocycles. The molecule has 3 aliphatic rings. The Hall–Kier alpha value is -1.79. The summed E-state index contributed by atoms with van der Waals surface area (Å²) in [6, 6.07) is 10.2. The van der Waals surface area contributed by atoms with E-state index < -0.39 is 0 Å². The SMILES string of the molecule is O=C1OC2(CCN([C@H]3CCCOC3)CC2)CN1CCOc1ccccc1. The summed E-state index contributed by atoms with van der Waals surface area (Å²) >= 11 is 0. The molecule has 0 aliphatic carbocycles. The number of amides is 1. The lowest BCUT2D eigenvalue weighted by Crippen LogP contribution is -2.52. The number of rotatable bonds is 5. The average Bonchev–Trinajstić information content (AvgIpc) is 2.99. The molecule has 0 unspecified atom stereocenters. The Morgan fingerprint density at radius 2 is 2.00 bits per heavy atom. The van der Waals surface area contributed by atoms with Crippen LogP contribution in [0, 0.1) is 0 Å². The van der Waals surface area contributed by atoms with Crippen LogP contribution in [0.1, 0.15) is 25.7 Å². The van der Waals surface area contributed by atoms with Gasteiger partial charge in [0.15, 0.2) is 0 Å². The van der Waals surface area contributed by atoms with Crippen molar-refractivity contribution in [1.29, 1.82) is 0 Å². The van der Waals surface area contributed by atoms with Crippen LogP contribution in [0.25, 0.3) is 0 Å². The van der Waals surface area contributed by atoms with Crippen LogP contribution < -0.4 is 4.74 Å². The van der Waals surface area contributed by atoms with Gasteiger partial charge in [-0.15, -0.1) is 0 Å². The first kappa shape index (κ1) is 17.6. The number of para-hydroxylation sites is 1. The molecule has 0 aromatic heterocycles. The Morgan fingerprint density at radius 3 is 2.73 bits per heavy atom. The van der Waals surface area contributed by atoms with Gasteiger partial charge in [0, 0.05) is 38.6 Å². The maximum Gasteiger partial charge on any atom is 0.410 e. The van der Waals surface area contributed by atoms with Crippen molar-refractivity contribution in [3.05, 3.63) is 30.3 Å². The number of benzene rings is 1. The van der Waals surface area contributed by atoms with E-state index in [2.05, 4.69) is 4.90 Å². The van der Waals surface area contributed by atoms with Gasteiger partial charge < -0.3 is 19.1 Å². The first-order valence-electron chi connectivity index (χ1n) is 9.72. The van der Waals surface area contributed by atoms with Gasteiger partial charge in [0.1, 0.15) is 18.0 Å². The third kappa shape index (κ3) is 3.96. The summed E-state index contributed by atoms with van der Waals surface area (Å²) in [6.45, 7) is 5.43. The first-order valence-corrected chi connectivity index (χ1v) is 9.72. The summed E-state index contributed by atoms with van der Waals surface area (Å²) in [5.41, 5.74) is -0.310. The normalized spacial score (nSPS) is 26.1. The molecule has 3 saturated heterocycles. The molecular weight excluding hydrogens is 332 g/mol. The van der Waals surface area contributed by atoms with Crippen molar-refractivity contribution in [2.24, 2.45) is 0 Å². The van der Waals surface area contributed by atoms with Crippen LogP contribution in [0.5, 0.6) is 5.75 Å². The van der Waals surface area contributed by atoms with Crippen LogP contribution in [0.4, 0.5) is 4.79 Å². The molecule has 142 valence electrons. The van der Waals surface area contributed by atoms with Crippen molar-refractivity contribution in [1.82, 2.24) is 9.80 Å². The summed E-state index contributed by atoms with van der Waals surface area (Å²) in [5, 5.41) is 0. The van der Waals surface area contributed by atoms with Crippen molar-refractivity contribution < 1.29 is 19.0 Å². The monoisotopic (exact) mass is 360 g/mol. The average molecular weight is 360 g/mol. The van der Waals surface area contributed by atoms with Gasteiger partial charge in [-0.25, -0.2) is 4.79 Å². The Morgan fingerprint density at radius 1 is 1.19 bits per heavy atom. The smallest absolute Gasteiger partial charge is 0.410 e. The van der Waals surface area contributed by atoms with E-state index in [0.29, 0.717) is 25.7 Å². The van der Waals surface area contributed by atoms with Crippen molar-refractivity contribution in [2.75, 3.05) is 46.0 Å². The highest BCUT2D eigenvalue weighted by Gasteiger charge is 2.47. The molecular formula is C20H28N2O4. The number of carbonyl (C=O) groups excluding carboxylic acids is 1. The number of nitrogens with zero attached hydrogens (tertiary/aromatic N) is 2. The Kier molecular flexibility index (Phi) is 5.31. The predicted molar refractivity (Wildman–Crippen MR) is 97.4 cm³/mol. The molecule has 1 aromatic carbocycles. The Labute approximate surface area is 155 Å². The minimum absolute atomic E-state index is 0.198. The maximum atomic E-state index is 12.3. The summed E-state index contributed by atoms with van der Waals surface area (Å²) in [4.78, 5) is 16.6. The Bertz CT molecular complexity index is 595. The fraction of sp³-hybridized carbons (Fsp3) is 0.650. The zero-order valence-corrected chi connectivity index (χ0v) is 15.3. The van der Waals surface area contributed by atoms with E-state index in [1.54, 1.807) is 4.90 Å². The largest absolute Gasteiger partial charge is 0.492 e. The molecule has 1 aromatic rings. The van der Waals surface area contributed by atoms with Crippen molar-refractivity contribution in [3.63, 3.8) is 0 Å². The van der Waals surface area contributed by atoms with E-state index in [4.69, 9.17) is 14.2 Å². The number of piperidine rings is 1. The van der Waals surface area contributed by atoms with E-state index in [9.17, 15) is 4.79 Å². The van der Waals surface area contributed by atoms with Gasteiger partial charge in [-0.2, -0.15) is 0 Å². The van der Waals surface area contributed by atoms with Gasteiger partial charge in [0.2, 0.25) is 0 Å². The van der Waals surface area contributed by atoms with Crippen molar-refractivity contribution >= 4 is 6.09 Å². The van der Waals surface area contributed by atoms with E-state index in [1.165, 1.54) is 6.42 Å². The van der Waals surface area contributed by atoms with Gasteiger partial charge in [-0.1, -0.05) is 18.2 Å². The Balaban J connectivity index is 1.25. The van der Waals surface area contributed by atoms with Crippen molar-refractivity contribution in [3.8, 4) is 5.75 Å². The summed E-state index contributed by atoms with van der Waals surface area (Å²) in [5.74, 6) is 0.831. The lowest BCUT2D eigenvalue weighted by Gasteiger charge is -2.42. The van der Waals surface area contributed by atoms with E-state index in [0.717, 1.165) is 51.3 Å². The number of hydrogen-bond donors (Lipinski definition) is 0. The second-order valence-corrected chi connectivity index (χ2v) is 7.54. The molecule has 6 nitrogen and oxygen atoms in total. The minimum Gasteiger partial charge on any atom is -0.492 e. The van der Waals surface area contributed by atoms with E-state index in [1.807, 2.05) is 30.3 Å². The highest BCUT2D eigenvalue weighted by molar-refractivity contribution is 5.70. The second-order valence-electron chi connectivity index (χ2n) is 7.54. The molecule has 6 heteroatoms. The van der Waals surface area contributed by atoms with E-state index in [-0.39, 0.29) is 11.7 Å². The van der Waals surface area contributed by atoms with Crippen LogP contribution in [0.2, 0.25) is 0 Å². The molecule has 3 aliphatic heterocycles. The van der Waals surface area contributed by atoms with E-state index >= 15 is 0 Å². The zero-order valence-electron chi connectivity index (χ0n) is 15.3. The molecule has 26 heavy (non-hydrogen) atoms. The molecule has 4 rings (SSSR count). The first-order chi connectivity index (χ1) is 12.7. The lowest BCUT2D eigenvalue weighted by molar-refractivity contribution is -0.0389. The number of carbonyl (C=O) groups is 1. The number of likely N-dealkylation sites (tertiary alicyclic amines) is 1. The molecule has 1 amide bonds. The fourth-order valence-corrected chi connectivity index (χ4v) is 4.22. The van der Waals surface area contributed by atoms with Gasteiger partial charge in [0.25, 0.3) is 0 Å². The fourth-order valence-electron chi connectivity index (χ4n) is 4.22. The molecule has 3 fully saturated rings. The number of hydrogen-bond acceptors (Lipinski definition) is 5. The maximum absolute atomic E-state index is 12.3. The zero-order chi connectivity index (χ0) is 17.8. The summed E-state index contributed by atoms with van der Waals surface area (Å²) in [7, 11) is 0. The molecule has 0 bridgehead atoms. The molecule has 1 atom stereocenters. The minimum atomic E-state index is -0.310. The van der Waals surface area contributed by atoms with Gasteiger partial charge >= 0.3 is 6.09 Å². The van der Waals surface area contributed by atoms with Crippen molar-refractivity contribution in [2.45, 2.75) is 37.3 Å². The summed E-state index contributed by atoms with van der Waals surface area (Å²) in [6.07, 6.45) is 3.99. The lowest BCUT2D eigenvalue weighted by atomic mass is 9.90. The number of ether oxygens (including phenoxy) is 3. The van der Waals surface area contributed by atoms with Gasteiger partial charge in [-0.3, -0.25) is 4.90 Å².